The predicted molar refractivity (Wildman–Crippen MR) is 76.5 cm³/mol. The first-order chi connectivity index (χ1) is 9.70. The molecule has 1 amide bonds. The van der Waals surface area contributed by atoms with Crippen LogP contribution in [0.5, 0.6) is 0 Å². The Hall–Kier alpha value is -2.43. The lowest BCUT2D eigenvalue weighted by Crippen LogP contribution is -2.24. The van der Waals surface area contributed by atoms with Gasteiger partial charge in [-0.05, 0) is 30.7 Å². The summed E-state index contributed by atoms with van der Waals surface area (Å²) in [5, 5.41) is 5.68. The Kier molecular flexibility index (Phi) is 4.65. The van der Waals surface area contributed by atoms with Crippen molar-refractivity contribution in [2.45, 2.75) is 13.3 Å². The number of nitrogens with one attached hydrogen (secondary N) is 2. The molecule has 0 unspecified atom stereocenters. The Morgan fingerprint density at radius 1 is 1.30 bits per heavy atom. The summed E-state index contributed by atoms with van der Waals surface area (Å²) in [6, 6.07) is 9.64. The van der Waals surface area contributed by atoms with Crippen molar-refractivity contribution in [2.24, 2.45) is 0 Å². The number of hydrogen-bond donors (Lipinski definition) is 2. The molecule has 1 aromatic heterocycles. The van der Waals surface area contributed by atoms with E-state index in [9.17, 15) is 9.18 Å². The normalized spacial score (nSPS) is 10.1. The van der Waals surface area contributed by atoms with E-state index in [0.29, 0.717) is 23.6 Å². The Morgan fingerprint density at radius 2 is 2.10 bits per heavy atom. The second-order valence-corrected chi connectivity index (χ2v) is 4.29. The van der Waals surface area contributed by atoms with Crippen LogP contribution in [-0.4, -0.2) is 17.4 Å². The van der Waals surface area contributed by atoms with E-state index in [0.717, 1.165) is 6.42 Å². The van der Waals surface area contributed by atoms with Gasteiger partial charge in [0.2, 0.25) is 0 Å². The largest absolute Gasteiger partial charge is 0.353 e. The molecule has 0 saturated heterocycles. The third-order valence-corrected chi connectivity index (χ3v) is 2.68. The zero-order valence-electron chi connectivity index (χ0n) is 11.2. The summed E-state index contributed by atoms with van der Waals surface area (Å²) >= 11 is 0. The van der Waals surface area contributed by atoms with Crippen LogP contribution < -0.4 is 10.6 Å². The lowest BCUT2D eigenvalue weighted by molar-refractivity contribution is 0.0949. The van der Waals surface area contributed by atoms with Crippen molar-refractivity contribution in [1.29, 1.82) is 0 Å². The van der Waals surface area contributed by atoms with Gasteiger partial charge in [-0.3, -0.25) is 9.78 Å². The molecule has 104 valence electrons. The average molecular weight is 273 g/mol. The summed E-state index contributed by atoms with van der Waals surface area (Å²) in [6.45, 7) is 2.58. The highest BCUT2D eigenvalue weighted by atomic mass is 19.1. The highest BCUT2D eigenvalue weighted by molar-refractivity contribution is 5.93. The van der Waals surface area contributed by atoms with Crippen molar-refractivity contribution in [1.82, 2.24) is 10.3 Å². The molecule has 1 heterocycles. The summed E-state index contributed by atoms with van der Waals surface area (Å²) < 4.78 is 13.5. The number of nitrogens with zero attached hydrogens (tertiary/aromatic N) is 1. The van der Waals surface area contributed by atoms with Gasteiger partial charge in [-0.2, -0.15) is 0 Å². The van der Waals surface area contributed by atoms with Crippen LogP contribution in [0.4, 0.5) is 15.8 Å². The minimum Gasteiger partial charge on any atom is -0.353 e. The molecule has 2 N–H and O–H groups in total. The number of pyridine rings is 1. The van der Waals surface area contributed by atoms with Crippen molar-refractivity contribution in [3.63, 3.8) is 0 Å². The van der Waals surface area contributed by atoms with Gasteiger partial charge in [0.1, 0.15) is 11.5 Å². The number of para-hydroxylation sites is 1. The monoisotopic (exact) mass is 273 g/mol. The maximum atomic E-state index is 13.5. The van der Waals surface area contributed by atoms with Crippen molar-refractivity contribution < 1.29 is 9.18 Å². The molecule has 0 radical (unpaired) electrons. The van der Waals surface area contributed by atoms with Crippen molar-refractivity contribution in [3.8, 4) is 0 Å². The second kappa shape index (κ2) is 6.65. The number of aromatic nitrogens is 1. The van der Waals surface area contributed by atoms with Gasteiger partial charge in [0, 0.05) is 18.4 Å². The Morgan fingerprint density at radius 3 is 2.85 bits per heavy atom. The molecule has 0 fully saturated rings. The first kappa shape index (κ1) is 14.0. The molecule has 0 aliphatic heterocycles. The fourth-order valence-corrected chi connectivity index (χ4v) is 1.68. The molecule has 0 aliphatic carbocycles. The number of anilines is 2. The van der Waals surface area contributed by atoms with Gasteiger partial charge >= 0.3 is 0 Å². The highest BCUT2D eigenvalue weighted by Crippen LogP contribution is 2.19. The second-order valence-electron chi connectivity index (χ2n) is 4.29. The summed E-state index contributed by atoms with van der Waals surface area (Å²) in [5.41, 5.74) is 1.28. The maximum Gasteiger partial charge on any atom is 0.269 e. The number of halogens is 1. The van der Waals surface area contributed by atoms with Crippen LogP contribution in [-0.2, 0) is 0 Å². The van der Waals surface area contributed by atoms with E-state index in [1.54, 1.807) is 30.3 Å². The van der Waals surface area contributed by atoms with Gasteiger partial charge in [0.05, 0.1) is 5.69 Å². The fourth-order valence-electron chi connectivity index (χ4n) is 1.68. The third kappa shape index (κ3) is 3.54. The number of amides is 1. The van der Waals surface area contributed by atoms with Gasteiger partial charge in [-0.25, -0.2) is 4.39 Å². The minimum atomic E-state index is -0.346. The minimum absolute atomic E-state index is 0.232. The van der Waals surface area contributed by atoms with Gasteiger partial charge in [0.15, 0.2) is 0 Å². The highest BCUT2D eigenvalue weighted by Gasteiger charge is 2.08. The van der Waals surface area contributed by atoms with Gasteiger partial charge in [-0.1, -0.05) is 19.1 Å². The molecule has 20 heavy (non-hydrogen) atoms. The first-order valence-electron chi connectivity index (χ1n) is 6.46. The molecule has 0 saturated carbocycles. The molecular formula is C15H16FN3O. The number of hydrogen-bond acceptors (Lipinski definition) is 3. The lowest BCUT2D eigenvalue weighted by atomic mass is 10.2. The summed E-state index contributed by atoms with van der Waals surface area (Å²) in [7, 11) is 0. The SMILES string of the molecule is CCCNC(=O)c1cc(Nc2ccccc2F)ccn1. The predicted octanol–water partition coefficient (Wildman–Crippen LogP) is 3.10. The smallest absolute Gasteiger partial charge is 0.269 e. The third-order valence-electron chi connectivity index (χ3n) is 2.68. The number of carbonyl (C=O) groups excluding carboxylic acids is 1. The van der Waals surface area contributed by atoms with Crippen LogP contribution in [0.2, 0.25) is 0 Å². The van der Waals surface area contributed by atoms with Crippen LogP contribution in [0, 0.1) is 5.82 Å². The van der Waals surface area contributed by atoms with Crippen LogP contribution in [0.1, 0.15) is 23.8 Å². The molecule has 2 aromatic rings. The van der Waals surface area contributed by atoms with E-state index in [1.807, 2.05) is 6.92 Å². The summed E-state index contributed by atoms with van der Waals surface area (Å²) in [5.74, 6) is -0.578. The van der Waals surface area contributed by atoms with Crippen LogP contribution in [0.25, 0.3) is 0 Å². The summed E-state index contributed by atoms with van der Waals surface area (Å²) in [6.07, 6.45) is 2.38. The van der Waals surface area contributed by atoms with Gasteiger partial charge in [0.25, 0.3) is 5.91 Å². The number of rotatable bonds is 5. The first-order valence-corrected chi connectivity index (χ1v) is 6.46. The van der Waals surface area contributed by atoms with Crippen LogP contribution >= 0.6 is 0 Å². The zero-order valence-corrected chi connectivity index (χ0v) is 11.2. The topological polar surface area (TPSA) is 54.0 Å². The molecule has 2 rings (SSSR count). The number of carbonyl (C=O) groups is 1. The Balaban J connectivity index is 2.14. The molecule has 4 nitrogen and oxygen atoms in total. The Labute approximate surface area is 117 Å². The van der Waals surface area contributed by atoms with Crippen LogP contribution in [0.3, 0.4) is 0 Å². The van der Waals surface area contributed by atoms with E-state index in [2.05, 4.69) is 15.6 Å². The van der Waals surface area contributed by atoms with Crippen molar-refractivity contribution in [2.75, 3.05) is 11.9 Å². The molecule has 1 aromatic carbocycles. The standard InChI is InChI=1S/C15H16FN3O/c1-2-8-18-15(20)14-10-11(7-9-17-14)19-13-6-4-3-5-12(13)16/h3-7,9-10H,2,8H2,1H3,(H,17,19)(H,18,20). The lowest BCUT2D eigenvalue weighted by Gasteiger charge is -2.08. The van der Waals surface area contributed by atoms with E-state index in [-0.39, 0.29) is 11.7 Å². The molecule has 5 heteroatoms. The van der Waals surface area contributed by atoms with Crippen molar-refractivity contribution in [3.05, 3.63) is 54.1 Å². The average Bonchev–Trinajstić information content (AvgIpc) is 2.47. The van der Waals surface area contributed by atoms with Gasteiger partial charge < -0.3 is 10.6 Å². The maximum absolute atomic E-state index is 13.5. The number of benzene rings is 1. The molecule has 0 bridgehead atoms. The van der Waals surface area contributed by atoms with E-state index >= 15 is 0 Å². The van der Waals surface area contributed by atoms with E-state index < -0.39 is 0 Å². The molecule has 0 atom stereocenters. The van der Waals surface area contributed by atoms with Crippen molar-refractivity contribution >= 4 is 17.3 Å². The fraction of sp³-hybridized carbons (Fsp3) is 0.200. The molecular weight excluding hydrogens is 257 g/mol. The molecule has 0 spiro atoms. The van der Waals surface area contributed by atoms with Crippen LogP contribution in [0.15, 0.2) is 42.6 Å². The zero-order chi connectivity index (χ0) is 14.4. The van der Waals surface area contributed by atoms with Gasteiger partial charge in [-0.15, -0.1) is 0 Å². The Bertz CT molecular complexity index is 601. The van der Waals surface area contributed by atoms with E-state index in [1.165, 1.54) is 12.3 Å². The summed E-state index contributed by atoms with van der Waals surface area (Å²) in [4.78, 5) is 15.8. The quantitative estimate of drug-likeness (QED) is 0.880. The van der Waals surface area contributed by atoms with E-state index in [4.69, 9.17) is 0 Å². The molecule has 0 aliphatic rings.